The third-order valence-corrected chi connectivity index (χ3v) is 3.15. The molecule has 1 aromatic heterocycles. The molecule has 1 aromatic rings. The van der Waals surface area contributed by atoms with E-state index in [2.05, 4.69) is 17.3 Å². The lowest BCUT2D eigenvalue weighted by Crippen LogP contribution is -2.37. The molecular weight excluding hydrogens is 228 g/mol. The zero-order valence-electron chi connectivity index (χ0n) is 11.8. The normalized spacial score (nSPS) is 11.6. The molecule has 5 heteroatoms. The average molecular weight is 252 g/mol. The first kappa shape index (κ1) is 14.7. The van der Waals surface area contributed by atoms with E-state index in [4.69, 9.17) is 5.73 Å². The highest BCUT2D eigenvalue weighted by molar-refractivity contribution is 5.81. The molecule has 0 aliphatic rings. The lowest BCUT2D eigenvalue weighted by atomic mass is 9.88. The van der Waals surface area contributed by atoms with Gasteiger partial charge in [-0.3, -0.25) is 9.48 Å². The first-order valence-electron chi connectivity index (χ1n) is 6.40. The van der Waals surface area contributed by atoms with Crippen molar-refractivity contribution in [2.75, 3.05) is 6.54 Å². The van der Waals surface area contributed by atoms with Gasteiger partial charge in [0.05, 0.1) is 5.69 Å². The molecule has 0 bridgehead atoms. The molecule has 5 nitrogen and oxygen atoms in total. The number of carbonyl (C=O) groups is 1. The third kappa shape index (κ3) is 3.57. The van der Waals surface area contributed by atoms with E-state index in [9.17, 15) is 4.79 Å². The van der Waals surface area contributed by atoms with Crippen LogP contribution >= 0.6 is 0 Å². The maximum atomic E-state index is 12.0. The molecule has 0 aromatic carbocycles. The summed E-state index contributed by atoms with van der Waals surface area (Å²) in [5.41, 5.74) is 7.22. The molecule has 0 unspecified atom stereocenters. The van der Waals surface area contributed by atoms with E-state index in [1.165, 1.54) is 0 Å². The summed E-state index contributed by atoms with van der Waals surface area (Å²) >= 11 is 0. The molecule has 18 heavy (non-hydrogen) atoms. The Bertz CT molecular complexity index is 409. The van der Waals surface area contributed by atoms with Gasteiger partial charge in [0.2, 0.25) is 5.91 Å². The Morgan fingerprint density at radius 2 is 2.22 bits per heavy atom. The third-order valence-electron chi connectivity index (χ3n) is 3.15. The minimum atomic E-state index is -0.413. The fourth-order valence-corrected chi connectivity index (χ4v) is 1.92. The van der Waals surface area contributed by atoms with Gasteiger partial charge in [-0.1, -0.05) is 20.8 Å². The molecule has 1 amide bonds. The van der Waals surface area contributed by atoms with Crippen LogP contribution in [0.3, 0.4) is 0 Å². The van der Waals surface area contributed by atoms with Crippen LogP contribution in [0, 0.1) is 5.41 Å². The number of aryl methyl sites for hydroxylation is 2. The second-order valence-electron chi connectivity index (χ2n) is 5.23. The van der Waals surface area contributed by atoms with Gasteiger partial charge in [0.1, 0.15) is 0 Å². The van der Waals surface area contributed by atoms with E-state index in [0.717, 1.165) is 17.7 Å². The Morgan fingerprint density at radius 3 is 2.78 bits per heavy atom. The van der Waals surface area contributed by atoms with E-state index in [-0.39, 0.29) is 5.91 Å². The van der Waals surface area contributed by atoms with Gasteiger partial charge in [-0.15, -0.1) is 0 Å². The summed E-state index contributed by atoms with van der Waals surface area (Å²) in [5.74, 6) is 0.0406. The Kier molecular flexibility index (Phi) is 4.90. The summed E-state index contributed by atoms with van der Waals surface area (Å²) in [4.78, 5) is 12.0. The predicted octanol–water partition coefficient (Wildman–Crippen LogP) is 0.974. The van der Waals surface area contributed by atoms with Crippen molar-refractivity contribution in [3.05, 3.63) is 17.5 Å². The summed E-state index contributed by atoms with van der Waals surface area (Å²) in [6.45, 7) is 6.95. The highest BCUT2D eigenvalue weighted by atomic mass is 16.2. The summed E-state index contributed by atoms with van der Waals surface area (Å²) < 4.78 is 1.78. The van der Waals surface area contributed by atoms with Crippen LogP contribution in [0.5, 0.6) is 0 Å². The topological polar surface area (TPSA) is 72.9 Å². The highest BCUT2D eigenvalue weighted by Crippen LogP contribution is 2.19. The largest absolute Gasteiger partial charge is 0.351 e. The van der Waals surface area contributed by atoms with E-state index >= 15 is 0 Å². The second-order valence-corrected chi connectivity index (χ2v) is 5.23. The van der Waals surface area contributed by atoms with E-state index in [1.54, 1.807) is 4.68 Å². The minimum absolute atomic E-state index is 0.0406. The molecule has 0 saturated carbocycles. The van der Waals surface area contributed by atoms with Gasteiger partial charge in [0.25, 0.3) is 0 Å². The lowest BCUT2D eigenvalue weighted by Gasteiger charge is -2.22. The van der Waals surface area contributed by atoms with Gasteiger partial charge in [0, 0.05) is 30.8 Å². The number of amides is 1. The molecule has 0 saturated heterocycles. The Morgan fingerprint density at radius 1 is 1.56 bits per heavy atom. The van der Waals surface area contributed by atoms with Gasteiger partial charge in [-0.05, 0) is 19.4 Å². The van der Waals surface area contributed by atoms with Crippen LogP contribution in [0.1, 0.15) is 38.4 Å². The smallest absolute Gasteiger partial charge is 0.225 e. The van der Waals surface area contributed by atoms with E-state index in [0.29, 0.717) is 19.5 Å². The van der Waals surface area contributed by atoms with Crippen molar-refractivity contribution < 1.29 is 4.79 Å². The maximum Gasteiger partial charge on any atom is 0.225 e. The van der Waals surface area contributed by atoms with Crippen molar-refractivity contribution in [3.63, 3.8) is 0 Å². The monoisotopic (exact) mass is 252 g/mol. The Balaban J connectivity index is 2.62. The molecule has 0 fully saturated rings. The Labute approximate surface area is 109 Å². The van der Waals surface area contributed by atoms with Crippen molar-refractivity contribution in [1.29, 1.82) is 0 Å². The predicted molar refractivity (Wildman–Crippen MR) is 71.9 cm³/mol. The molecule has 0 spiro atoms. The number of hydrogen-bond acceptors (Lipinski definition) is 3. The average Bonchev–Trinajstić information content (AvgIpc) is 2.66. The van der Waals surface area contributed by atoms with Gasteiger partial charge in [0.15, 0.2) is 0 Å². The van der Waals surface area contributed by atoms with Crippen molar-refractivity contribution in [2.24, 2.45) is 18.2 Å². The molecule has 0 radical (unpaired) electrons. The molecular formula is C13H24N4O. The number of nitrogens with two attached hydrogens (primary N) is 1. The van der Waals surface area contributed by atoms with Crippen LogP contribution in [0.4, 0.5) is 0 Å². The van der Waals surface area contributed by atoms with E-state index < -0.39 is 5.41 Å². The van der Waals surface area contributed by atoms with Gasteiger partial charge in [-0.25, -0.2) is 0 Å². The fourth-order valence-electron chi connectivity index (χ4n) is 1.92. The quantitative estimate of drug-likeness (QED) is 0.792. The fraction of sp³-hybridized carbons (Fsp3) is 0.692. The first-order chi connectivity index (χ1) is 8.40. The van der Waals surface area contributed by atoms with Crippen LogP contribution in [0.15, 0.2) is 6.20 Å². The number of rotatable bonds is 6. The van der Waals surface area contributed by atoms with Crippen LogP contribution in [-0.4, -0.2) is 22.2 Å². The van der Waals surface area contributed by atoms with Crippen molar-refractivity contribution in [3.8, 4) is 0 Å². The van der Waals surface area contributed by atoms with E-state index in [1.807, 2.05) is 27.1 Å². The SMILES string of the molecule is CCc1nn(C)cc1CNC(=O)C(C)(C)CCN. The lowest BCUT2D eigenvalue weighted by molar-refractivity contribution is -0.129. The number of aromatic nitrogens is 2. The van der Waals surface area contributed by atoms with Crippen molar-refractivity contribution in [2.45, 2.75) is 40.2 Å². The minimum Gasteiger partial charge on any atom is -0.351 e. The summed E-state index contributed by atoms with van der Waals surface area (Å²) in [7, 11) is 1.89. The molecule has 3 N–H and O–H groups in total. The summed E-state index contributed by atoms with van der Waals surface area (Å²) in [6.07, 6.45) is 3.51. The number of carbonyl (C=O) groups excluding carboxylic acids is 1. The molecule has 1 heterocycles. The van der Waals surface area contributed by atoms with Gasteiger partial charge < -0.3 is 11.1 Å². The molecule has 0 atom stereocenters. The Hall–Kier alpha value is -1.36. The molecule has 0 aliphatic carbocycles. The van der Waals surface area contributed by atoms with Crippen LogP contribution in [0.2, 0.25) is 0 Å². The molecule has 1 rings (SSSR count). The summed E-state index contributed by atoms with van der Waals surface area (Å²) in [5, 5.41) is 7.32. The summed E-state index contributed by atoms with van der Waals surface area (Å²) in [6, 6.07) is 0. The number of nitrogens with one attached hydrogen (secondary N) is 1. The highest BCUT2D eigenvalue weighted by Gasteiger charge is 2.26. The van der Waals surface area contributed by atoms with Gasteiger partial charge >= 0.3 is 0 Å². The number of hydrogen-bond donors (Lipinski definition) is 2. The van der Waals surface area contributed by atoms with Crippen LogP contribution in [-0.2, 0) is 24.8 Å². The number of nitrogens with zero attached hydrogens (tertiary/aromatic N) is 2. The van der Waals surface area contributed by atoms with Gasteiger partial charge in [-0.2, -0.15) is 5.10 Å². The molecule has 0 aliphatic heterocycles. The molecule has 102 valence electrons. The van der Waals surface area contributed by atoms with Crippen LogP contribution < -0.4 is 11.1 Å². The van der Waals surface area contributed by atoms with Crippen molar-refractivity contribution in [1.82, 2.24) is 15.1 Å². The van der Waals surface area contributed by atoms with Crippen LogP contribution in [0.25, 0.3) is 0 Å². The standard InChI is InChI=1S/C13H24N4O/c1-5-11-10(9-17(4)16-11)8-15-12(18)13(2,3)6-7-14/h9H,5-8,14H2,1-4H3,(H,15,18). The maximum absolute atomic E-state index is 12.0. The zero-order chi connectivity index (χ0) is 13.8. The first-order valence-corrected chi connectivity index (χ1v) is 6.40. The van der Waals surface area contributed by atoms with Crippen molar-refractivity contribution >= 4 is 5.91 Å². The zero-order valence-corrected chi connectivity index (χ0v) is 11.8. The second kappa shape index (κ2) is 6.00.